The van der Waals surface area contributed by atoms with Gasteiger partial charge in [-0.25, -0.2) is 13.4 Å². The number of fused-ring (bicyclic) bond motifs is 1. The van der Waals surface area contributed by atoms with Crippen LogP contribution < -0.4 is 0 Å². The number of halogens is 1. The van der Waals surface area contributed by atoms with E-state index in [1.807, 2.05) is 0 Å². The number of hydrogen-bond acceptors (Lipinski definition) is 4. The Morgan fingerprint density at radius 1 is 1.50 bits per heavy atom. The molecule has 1 aliphatic heterocycles. The largest absolute Gasteiger partial charge is 0.508 e. The van der Waals surface area contributed by atoms with Crippen molar-refractivity contribution >= 4 is 27.0 Å². The average molecular weight is 287 g/mol. The van der Waals surface area contributed by atoms with Crippen molar-refractivity contribution < 1.29 is 13.5 Å². The van der Waals surface area contributed by atoms with Crippen LogP contribution in [0.25, 0.3) is 5.52 Å². The first-order valence-corrected chi connectivity index (χ1v) is 7.73. The molecule has 0 aliphatic carbocycles. The Morgan fingerprint density at radius 2 is 2.28 bits per heavy atom. The van der Waals surface area contributed by atoms with Crippen molar-refractivity contribution in [3.8, 4) is 5.75 Å². The highest BCUT2D eigenvalue weighted by atomic mass is 35.5. The Morgan fingerprint density at radius 3 is 2.94 bits per heavy atom. The number of rotatable bonds is 1. The summed E-state index contributed by atoms with van der Waals surface area (Å²) < 4.78 is 24.7. The highest BCUT2D eigenvalue weighted by Crippen LogP contribution is 2.32. The van der Waals surface area contributed by atoms with Crippen LogP contribution in [0.4, 0.5) is 0 Å². The highest BCUT2D eigenvalue weighted by molar-refractivity contribution is 7.91. The van der Waals surface area contributed by atoms with Gasteiger partial charge in [0, 0.05) is 18.2 Å². The highest BCUT2D eigenvalue weighted by Gasteiger charge is 2.32. The van der Waals surface area contributed by atoms with Crippen LogP contribution in [0, 0.1) is 0 Å². The van der Waals surface area contributed by atoms with Crippen LogP contribution in [0.3, 0.4) is 0 Å². The molecule has 0 saturated carbocycles. The molecule has 0 amide bonds. The Bertz CT molecular complexity index is 723. The van der Waals surface area contributed by atoms with E-state index >= 15 is 0 Å². The van der Waals surface area contributed by atoms with Crippen molar-refractivity contribution in [1.29, 1.82) is 0 Å². The molecule has 3 rings (SSSR count). The summed E-state index contributed by atoms with van der Waals surface area (Å²) in [5, 5.41) is 9.70. The normalized spacial score (nSPS) is 22.6. The molecule has 1 unspecified atom stereocenters. The summed E-state index contributed by atoms with van der Waals surface area (Å²) in [5.41, 5.74) is 0.593. The van der Waals surface area contributed by atoms with E-state index in [9.17, 15) is 13.5 Å². The number of aromatic hydroxyl groups is 1. The summed E-state index contributed by atoms with van der Waals surface area (Å²) in [6, 6.07) is 3.04. The SMILES string of the molecule is O=S1(=O)CCC(c2nc(Cl)c3cc(O)ccn23)C1. The predicted octanol–water partition coefficient (Wildman–Crippen LogP) is 1.60. The van der Waals surface area contributed by atoms with Crippen LogP contribution in [0.15, 0.2) is 18.3 Å². The smallest absolute Gasteiger partial charge is 0.155 e. The lowest BCUT2D eigenvalue weighted by Crippen LogP contribution is -2.07. The lowest BCUT2D eigenvalue weighted by molar-refractivity contribution is 0.475. The van der Waals surface area contributed by atoms with Crippen LogP contribution in [0.2, 0.25) is 5.15 Å². The Balaban J connectivity index is 2.14. The zero-order chi connectivity index (χ0) is 12.9. The molecule has 0 bridgehead atoms. The summed E-state index contributed by atoms with van der Waals surface area (Å²) in [7, 11) is -2.96. The van der Waals surface area contributed by atoms with Gasteiger partial charge in [0.05, 0.1) is 17.0 Å². The van der Waals surface area contributed by atoms with Crippen LogP contribution in [0.1, 0.15) is 18.2 Å². The minimum atomic E-state index is -2.96. The van der Waals surface area contributed by atoms with Crippen LogP contribution in [-0.4, -0.2) is 34.4 Å². The standard InChI is InChI=1S/C11H11ClN2O3S/c12-10-9-5-8(15)1-3-14(9)11(13-10)7-2-4-18(16,17)6-7/h1,3,5,7,15H,2,4,6H2. The molecule has 18 heavy (non-hydrogen) atoms. The molecule has 1 fully saturated rings. The van der Waals surface area contributed by atoms with Gasteiger partial charge in [0.15, 0.2) is 15.0 Å². The number of nitrogens with zero attached hydrogens (tertiary/aromatic N) is 2. The average Bonchev–Trinajstić information content (AvgIpc) is 2.80. The summed E-state index contributed by atoms with van der Waals surface area (Å²) in [6.45, 7) is 0. The maximum Gasteiger partial charge on any atom is 0.155 e. The molecule has 7 heteroatoms. The summed E-state index contributed by atoms with van der Waals surface area (Å²) in [6.07, 6.45) is 2.22. The fourth-order valence-electron chi connectivity index (χ4n) is 2.35. The van der Waals surface area contributed by atoms with Gasteiger partial charge in [-0.2, -0.15) is 0 Å². The van der Waals surface area contributed by atoms with Gasteiger partial charge in [0.2, 0.25) is 0 Å². The van der Waals surface area contributed by atoms with E-state index in [2.05, 4.69) is 4.98 Å². The predicted molar refractivity (Wildman–Crippen MR) is 67.9 cm³/mol. The minimum Gasteiger partial charge on any atom is -0.508 e. The van der Waals surface area contributed by atoms with Gasteiger partial charge in [0.1, 0.15) is 11.6 Å². The zero-order valence-electron chi connectivity index (χ0n) is 9.38. The van der Waals surface area contributed by atoms with Crippen molar-refractivity contribution in [3.63, 3.8) is 0 Å². The summed E-state index contributed by atoms with van der Waals surface area (Å²) in [5.74, 6) is 0.941. The van der Waals surface area contributed by atoms with Crippen molar-refractivity contribution in [3.05, 3.63) is 29.3 Å². The fraction of sp³-hybridized carbons (Fsp3) is 0.364. The van der Waals surface area contributed by atoms with E-state index in [1.54, 1.807) is 10.6 Å². The third-order valence-corrected chi connectivity index (χ3v) is 5.25. The molecule has 1 atom stereocenters. The quantitative estimate of drug-likeness (QED) is 0.864. The van der Waals surface area contributed by atoms with Crippen LogP contribution in [0.5, 0.6) is 5.75 Å². The van der Waals surface area contributed by atoms with E-state index in [0.717, 1.165) is 0 Å². The maximum absolute atomic E-state index is 11.5. The first-order chi connectivity index (χ1) is 8.46. The summed E-state index contributed by atoms with van der Waals surface area (Å²) >= 11 is 6.01. The van der Waals surface area contributed by atoms with Gasteiger partial charge < -0.3 is 9.51 Å². The molecule has 2 aromatic heterocycles. The van der Waals surface area contributed by atoms with E-state index in [0.29, 0.717) is 17.8 Å². The number of aromatic nitrogens is 2. The van der Waals surface area contributed by atoms with Gasteiger partial charge in [-0.1, -0.05) is 11.6 Å². The summed E-state index contributed by atoms with van der Waals surface area (Å²) in [4.78, 5) is 4.23. The molecular weight excluding hydrogens is 276 g/mol. The molecular formula is C11H11ClN2O3S. The molecule has 0 spiro atoms. The molecule has 96 valence electrons. The van der Waals surface area contributed by atoms with Gasteiger partial charge in [-0.15, -0.1) is 0 Å². The molecule has 1 aliphatic rings. The Kier molecular flexibility index (Phi) is 2.53. The molecule has 0 radical (unpaired) electrons. The second-order valence-electron chi connectivity index (χ2n) is 4.50. The number of pyridine rings is 1. The van der Waals surface area contributed by atoms with Crippen LogP contribution >= 0.6 is 11.6 Å². The van der Waals surface area contributed by atoms with Crippen molar-refractivity contribution in [1.82, 2.24) is 9.38 Å². The second-order valence-corrected chi connectivity index (χ2v) is 7.09. The molecule has 3 heterocycles. The van der Waals surface area contributed by atoms with E-state index < -0.39 is 9.84 Å². The fourth-order valence-corrected chi connectivity index (χ4v) is 4.32. The number of sulfone groups is 1. The zero-order valence-corrected chi connectivity index (χ0v) is 10.9. The molecule has 2 aromatic rings. The third kappa shape index (κ3) is 1.85. The van der Waals surface area contributed by atoms with E-state index in [1.165, 1.54) is 12.1 Å². The third-order valence-electron chi connectivity index (χ3n) is 3.21. The van der Waals surface area contributed by atoms with Gasteiger partial charge in [-0.3, -0.25) is 0 Å². The molecule has 0 aromatic carbocycles. The first-order valence-electron chi connectivity index (χ1n) is 5.53. The van der Waals surface area contributed by atoms with Crippen molar-refractivity contribution in [2.75, 3.05) is 11.5 Å². The van der Waals surface area contributed by atoms with Gasteiger partial charge in [-0.05, 0) is 12.5 Å². The van der Waals surface area contributed by atoms with E-state index in [4.69, 9.17) is 11.6 Å². The van der Waals surface area contributed by atoms with Crippen molar-refractivity contribution in [2.45, 2.75) is 12.3 Å². The number of hydrogen-bond donors (Lipinski definition) is 1. The molecule has 1 N–H and O–H groups in total. The molecule has 1 saturated heterocycles. The minimum absolute atomic E-state index is 0.106. The number of imidazole rings is 1. The van der Waals surface area contributed by atoms with Gasteiger partial charge in [0.25, 0.3) is 0 Å². The van der Waals surface area contributed by atoms with Gasteiger partial charge >= 0.3 is 0 Å². The molecule has 5 nitrogen and oxygen atoms in total. The Hall–Kier alpha value is -1.27. The van der Waals surface area contributed by atoms with Crippen molar-refractivity contribution in [2.24, 2.45) is 0 Å². The monoisotopic (exact) mass is 286 g/mol. The maximum atomic E-state index is 11.5. The van der Waals surface area contributed by atoms with E-state index in [-0.39, 0.29) is 28.3 Å². The Labute approximate surface area is 109 Å². The second kappa shape index (κ2) is 3.86. The topological polar surface area (TPSA) is 71.7 Å². The van der Waals surface area contributed by atoms with Crippen LogP contribution in [-0.2, 0) is 9.84 Å². The lowest BCUT2D eigenvalue weighted by atomic mass is 10.1. The lowest BCUT2D eigenvalue weighted by Gasteiger charge is -2.06. The first kappa shape index (κ1) is 11.8.